The molecule has 3 atom stereocenters. The molecule has 1 aromatic rings. The summed E-state index contributed by atoms with van der Waals surface area (Å²) in [6.45, 7) is 7.86. The Morgan fingerprint density at radius 3 is 2.71 bits per heavy atom. The zero-order valence-corrected chi connectivity index (χ0v) is 12.2. The summed E-state index contributed by atoms with van der Waals surface area (Å²) in [5.41, 5.74) is 1.01. The third-order valence-electron chi connectivity index (χ3n) is 3.77. The van der Waals surface area contributed by atoms with E-state index in [0.717, 1.165) is 22.5 Å². The molecule has 0 saturated carbocycles. The minimum Gasteiger partial charge on any atom is -0.508 e. The summed E-state index contributed by atoms with van der Waals surface area (Å²) in [4.78, 5) is 2.48. The molecule has 1 N–H and O–H groups in total. The lowest BCUT2D eigenvalue weighted by molar-refractivity contribution is 0.198. The highest BCUT2D eigenvalue weighted by Crippen LogP contribution is 2.36. The van der Waals surface area contributed by atoms with Gasteiger partial charge in [-0.25, -0.2) is 0 Å². The van der Waals surface area contributed by atoms with Crippen LogP contribution in [0.4, 0.5) is 0 Å². The molecule has 1 heterocycles. The zero-order chi connectivity index (χ0) is 12.6. The third-order valence-corrected chi connectivity index (χ3v) is 4.26. The largest absolute Gasteiger partial charge is 0.508 e. The number of phenolic OH excluding ortho intramolecular Hbond substituents is 1. The van der Waals surface area contributed by atoms with Gasteiger partial charge in [-0.05, 0) is 44.4 Å². The number of nitrogens with zero attached hydrogens (tertiary/aromatic N) is 1. The van der Waals surface area contributed by atoms with Gasteiger partial charge in [0.2, 0.25) is 0 Å². The summed E-state index contributed by atoms with van der Waals surface area (Å²) in [5.74, 6) is 1.15. The fourth-order valence-corrected chi connectivity index (χ4v) is 3.29. The maximum Gasteiger partial charge on any atom is 0.120 e. The van der Waals surface area contributed by atoms with E-state index in [1.165, 1.54) is 6.42 Å². The number of phenols is 1. The highest BCUT2D eigenvalue weighted by molar-refractivity contribution is 9.10. The van der Waals surface area contributed by atoms with Crippen LogP contribution >= 0.6 is 15.9 Å². The van der Waals surface area contributed by atoms with Crippen LogP contribution in [0.2, 0.25) is 0 Å². The Kier molecular flexibility index (Phi) is 3.79. The van der Waals surface area contributed by atoms with Crippen LogP contribution in [0.1, 0.15) is 38.8 Å². The highest BCUT2D eigenvalue weighted by Gasteiger charge is 2.31. The van der Waals surface area contributed by atoms with E-state index in [1.54, 1.807) is 6.07 Å². The molecule has 0 aliphatic carbocycles. The van der Waals surface area contributed by atoms with Crippen LogP contribution in [-0.4, -0.2) is 22.6 Å². The maximum absolute atomic E-state index is 9.97. The van der Waals surface area contributed by atoms with E-state index in [-0.39, 0.29) is 6.04 Å². The first-order chi connectivity index (χ1) is 7.99. The number of hydrogen-bond acceptors (Lipinski definition) is 2. The summed E-state index contributed by atoms with van der Waals surface area (Å²) in [6, 6.07) is 6.53. The van der Waals surface area contributed by atoms with E-state index in [2.05, 4.69) is 41.6 Å². The molecule has 0 bridgehead atoms. The molecule has 3 unspecified atom stereocenters. The minimum atomic E-state index is 0.271. The van der Waals surface area contributed by atoms with Gasteiger partial charge in [-0.3, -0.25) is 4.90 Å². The molecule has 1 aliphatic rings. The van der Waals surface area contributed by atoms with Crippen LogP contribution in [0, 0.1) is 5.92 Å². The summed E-state index contributed by atoms with van der Waals surface area (Å²) in [6.07, 6.45) is 1.25. The van der Waals surface area contributed by atoms with Gasteiger partial charge in [0.25, 0.3) is 0 Å². The monoisotopic (exact) mass is 297 g/mol. The van der Waals surface area contributed by atoms with E-state index < -0.39 is 0 Å². The number of aromatic hydroxyl groups is 1. The van der Waals surface area contributed by atoms with Gasteiger partial charge in [0.05, 0.1) is 0 Å². The third kappa shape index (κ3) is 2.66. The summed E-state index contributed by atoms with van der Waals surface area (Å²) in [5, 5.41) is 9.97. The van der Waals surface area contributed by atoms with Crippen LogP contribution in [0.5, 0.6) is 5.75 Å². The van der Waals surface area contributed by atoms with Crippen LogP contribution in [0.25, 0.3) is 0 Å². The number of halogens is 1. The number of likely N-dealkylation sites (tertiary alicyclic amines) is 1. The van der Waals surface area contributed by atoms with Gasteiger partial charge >= 0.3 is 0 Å². The van der Waals surface area contributed by atoms with Crippen molar-refractivity contribution in [2.45, 2.75) is 39.3 Å². The molecule has 0 aromatic heterocycles. The summed E-state index contributed by atoms with van der Waals surface area (Å²) >= 11 is 3.47. The standard InChI is InChI=1S/C14H20BrNO/c1-9-6-10(2)16(8-9)11(3)13-7-12(15)4-5-14(13)17/h4-5,7,9-11,17H,6,8H2,1-3H3. The minimum absolute atomic E-state index is 0.271. The summed E-state index contributed by atoms with van der Waals surface area (Å²) in [7, 11) is 0. The Morgan fingerprint density at radius 2 is 2.12 bits per heavy atom. The molecule has 1 aliphatic heterocycles. The maximum atomic E-state index is 9.97. The predicted octanol–water partition coefficient (Wildman–Crippen LogP) is 3.95. The number of hydrogen-bond donors (Lipinski definition) is 1. The molecular formula is C14H20BrNO. The molecular weight excluding hydrogens is 278 g/mol. The lowest BCUT2D eigenvalue weighted by Gasteiger charge is -2.29. The van der Waals surface area contributed by atoms with Crippen molar-refractivity contribution in [1.29, 1.82) is 0 Å². The van der Waals surface area contributed by atoms with Crippen LogP contribution in [0.3, 0.4) is 0 Å². The molecule has 1 fully saturated rings. The Balaban J connectivity index is 2.24. The molecule has 94 valence electrons. The van der Waals surface area contributed by atoms with Gasteiger partial charge in [-0.15, -0.1) is 0 Å². The van der Waals surface area contributed by atoms with Crippen molar-refractivity contribution >= 4 is 15.9 Å². The fraction of sp³-hybridized carbons (Fsp3) is 0.571. The Bertz CT molecular complexity index is 407. The zero-order valence-electron chi connectivity index (χ0n) is 10.7. The van der Waals surface area contributed by atoms with Crippen molar-refractivity contribution < 1.29 is 5.11 Å². The first-order valence-corrected chi connectivity index (χ1v) is 7.02. The smallest absolute Gasteiger partial charge is 0.120 e. The van der Waals surface area contributed by atoms with Gasteiger partial charge in [-0.1, -0.05) is 22.9 Å². The number of benzene rings is 1. The van der Waals surface area contributed by atoms with Crippen molar-refractivity contribution in [2.24, 2.45) is 5.92 Å². The average Bonchev–Trinajstić information content (AvgIpc) is 2.60. The van der Waals surface area contributed by atoms with E-state index in [4.69, 9.17) is 0 Å². The van der Waals surface area contributed by atoms with Crippen LogP contribution in [0.15, 0.2) is 22.7 Å². The number of rotatable bonds is 2. The predicted molar refractivity (Wildman–Crippen MR) is 74.2 cm³/mol. The Hall–Kier alpha value is -0.540. The van der Waals surface area contributed by atoms with Gasteiger partial charge in [-0.2, -0.15) is 0 Å². The van der Waals surface area contributed by atoms with Gasteiger partial charge in [0, 0.05) is 28.7 Å². The molecule has 1 saturated heterocycles. The van der Waals surface area contributed by atoms with Crippen molar-refractivity contribution in [1.82, 2.24) is 4.90 Å². The van der Waals surface area contributed by atoms with E-state index in [0.29, 0.717) is 11.8 Å². The lowest BCUT2D eigenvalue weighted by atomic mass is 10.1. The second kappa shape index (κ2) is 4.99. The van der Waals surface area contributed by atoms with Gasteiger partial charge in [0.15, 0.2) is 0 Å². The van der Waals surface area contributed by atoms with E-state index >= 15 is 0 Å². The molecule has 1 aromatic carbocycles. The van der Waals surface area contributed by atoms with Crippen LogP contribution < -0.4 is 0 Å². The molecule has 3 heteroatoms. The second-order valence-electron chi connectivity index (χ2n) is 5.27. The molecule has 17 heavy (non-hydrogen) atoms. The van der Waals surface area contributed by atoms with Crippen molar-refractivity contribution in [3.63, 3.8) is 0 Å². The molecule has 2 rings (SSSR count). The fourth-order valence-electron chi connectivity index (χ4n) is 2.91. The van der Waals surface area contributed by atoms with E-state index in [9.17, 15) is 5.11 Å². The SMILES string of the molecule is CC1CC(C)N(C(C)c2cc(Br)ccc2O)C1. The molecule has 0 spiro atoms. The highest BCUT2D eigenvalue weighted by atomic mass is 79.9. The molecule has 0 radical (unpaired) electrons. The van der Waals surface area contributed by atoms with E-state index in [1.807, 2.05) is 12.1 Å². The normalized spacial score (nSPS) is 27.3. The first-order valence-electron chi connectivity index (χ1n) is 6.23. The van der Waals surface area contributed by atoms with Crippen molar-refractivity contribution in [3.05, 3.63) is 28.2 Å². The average molecular weight is 298 g/mol. The Morgan fingerprint density at radius 1 is 1.41 bits per heavy atom. The van der Waals surface area contributed by atoms with Crippen molar-refractivity contribution in [3.8, 4) is 5.75 Å². The lowest BCUT2D eigenvalue weighted by Crippen LogP contribution is -2.30. The quantitative estimate of drug-likeness (QED) is 0.893. The first kappa shape index (κ1) is 12.9. The molecule has 2 nitrogen and oxygen atoms in total. The van der Waals surface area contributed by atoms with Crippen LogP contribution in [-0.2, 0) is 0 Å². The molecule has 0 amide bonds. The Labute approximate surface area is 112 Å². The van der Waals surface area contributed by atoms with Gasteiger partial charge in [0.1, 0.15) is 5.75 Å². The topological polar surface area (TPSA) is 23.5 Å². The second-order valence-corrected chi connectivity index (χ2v) is 6.18. The van der Waals surface area contributed by atoms with Gasteiger partial charge < -0.3 is 5.11 Å². The summed E-state index contributed by atoms with van der Waals surface area (Å²) < 4.78 is 1.03. The van der Waals surface area contributed by atoms with Crippen molar-refractivity contribution in [2.75, 3.05) is 6.54 Å².